The standard InChI is InChI=1S/C20H22ClNO3/c1-13(2)14-4-3-5-16(10-14)25-12-20(23)22-18-8-9-24-19-7-6-15(21)11-17(18)19/h3-7,10-11,13,18H,8-9,12H2,1-2H3,(H,22,23). The molecular formula is C20H22ClNO3. The second-order valence-corrected chi connectivity index (χ2v) is 6.89. The Morgan fingerprint density at radius 3 is 2.96 bits per heavy atom. The molecule has 2 aromatic carbocycles. The van der Waals surface area contributed by atoms with Crippen LogP contribution in [-0.2, 0) is 4.79 Å². The summed E-state index contributed by atoms with van der Waals surface area (Å²) in [4.78, 5) is 12.3. The average molecular weight is 360 g/mol. The lowest BCUT2D eigenvalue weighted by atomic mass is 10.0. The third-order valence-corrected chi connectivity index (χ3v) is 4.48. The van der Waals surface area contributed by atoms with Gasteiger partial charge in [0.1, 0.15) is 11.5 Å². The summed E-state index contributed by atoms with van der Waals surface area (Å²) in [7, 11) is 0. The van der Waals surface area contributed by atoms with Crippen LogP contribution in [0.15, 0.2) is 42.5 Å². The number of fused-ring (bicyclic) bond motifs is 1. The summed E-state index contributed by atoms with van der Waals surface area (Å²) >= 11 is 6.07. The minimum atomic E-state index is -0.159. The highest BCUT2D eigenvalue weighted by Crippen LogP contribution is 2.33. The number of amides is 1. The van der Waals surface area contributed by atoms with Crippen molar-refractivity contribution in [2.24, 2.45) is 0 Å². The summed E-state index contributed by atoms with van der Waals surface area (Å²) < 4.78 is 11.3. The van der Waals surface area contributed by atoms with E-state index in [0.29, 0.717) is 29.7 Å². The van der Waals surface area contributed by atoms with Gasteiger partial charge < -0.3 is 14.8 Å². The normalized spacial score (nSPS) is 16.1. The Morgan fingerprint density at radius 2 is 2.16 bits per heavy atom. The zero-order valence-corrected chi connectivity index (χ0v) is 15.2. The summed E-state index contributed by atoms with van der Waals surface area (Å²) in [6.07, 6.45) is 0.710. The van der Waals surface area contributed by atoms with E-state index in [1.807, 2.05) is 30.3 Å². The van der Waals surface area contributed by atoms with Crippen molar-refractivity contribution in [1.29, 1.82) is 0 Å². The molecule has 3 rings (SSSR count). The summed E-state index contributed by atoms with van der Waals surface area (Å²) in [5.74, 6) is 1.73. The summed E-state index contributed by atoms with van der Waals surface area (Å²) in [5, 5.41) is 3.64. The molecule has 1 aliphatic heterocycles. The van der Waals surface area contributed by atoms with Crippen LogP contribution in [0, 0.1) is 0 Å². The van der Waals surface area contributed by atoms with Gasteiger partial charge in [0.15, 0.2) is 6.61 Å². The third kappa shape index (κ3) is 4.45. The maximum absolute atomic E-state index is 12.3. The Balaban J connectivity index is 1.61. The molecule has 0 bridgehead atoms. The van der Waals surface area contributed by atoms with E-state index in [1.54, 1.807) is 6.07 Å². The van der Waals surface area contributed by atoms with E-state index < -0.39 is 0 Å². The van der Waals surface area contributed by atoms with Gasteiger partial charge in [0.25, 0.3) is 5.91 Å². The fourth-order valence-electron chi connectivity index (χ4n) is 2.86. The predicted octanol–water partition coefficient (Wildman–Crippen LogP) is 4.48. The fraction of sp³-hybridized carbons (Fsp3) is 0.350. The first-order chi connectivity index (χ1) is 12.0. The first-order valence-electron chi connectivity index (χ1n) is 8.47. The van der Waals surface area contributed by atoms with Crippen molar-refractivity contribution >= 4 is 17.5 Å². The lowest BCUT2D eigenvalue weighted by Gasteiger charge is -2.26. The molecule has 0 saturated carbocycles. The molecule has 1 N–H and O–H groups in total. The van der Waals surface area contributed by atoms with Crippen molar-refractivity contribution in [3.63, 3.8) is 0 Å². The van der Waals surface area contributed by atoms with Gasteiger partial charge in [-0.15, -0.1) is 0 Å². The topological polar surface area (TPSA) is 47.6 Å². The molecule has 1 aliphatic rings. The average Bonchev–Trinajstić information content (AvgIpc) is 2.61. The number of rotatable bonds is 5. The summed E-state index contributed by atoms with van der Waals surface area (Å²) in [5.41, 5.74) is 2.10. The van der Waals surface area contributed by atoms with Crippen molar-refractivity contribution in [1.82, 2.24) is 5.32 Å². The zero-order valence-electron chi connectivity index (χ0n) is 14.4. The van der Waals surface area contributed by atoms with Crippen LogP contribution < -0.4 is 14.8 Å². The van der Waals surface area contributed by atoms with Crippen LogP contribution in [0.3, 0.4) is 0 Å². The minimum absolute atomic E-state index is 0.0190. The molecule has 5 heteroatoms. The number of benzene rings is 2. The second-order valence-electron chi connectivity index (χ2n) is 6.46. The number of hydrogen-bond acceptors (Lipinski definition) is 3. The maximum atomic E-state index is 12.3. The van der Waals surface area contributed by atoms with Gasteiger partial charge in [-0.3, -0.25) is 4.79 Å². The van der Waals surface area contributed by atoms with Gasteiger partial charge in [0.2, 0.25) is 0 Å². The lowest BCUT2D eigenvalue weighted by molar-refractivity contribution is -0.124. The first kappa shape index (κ1) is 17.6. The summed E-state index contributed by atoms with van der Waals surface area (Å²) in [6, 6.07) is 13.2. The largest absolute Gasteiger partial charge is 0.493 e. The monoisotopic (exact) mass is 359 g/mol. The van der Waals surface area contributed by atoms with Gasteiger partial charge in [-0.1, -0.05) is 37.6 Å². The molecule has 1 heterocycles. The van der Waals surface area contributed by atoms with Crippen molar-refractivity contribution < 1.29 is 14.3 Å². The zero-order chi connectivity index (χ0) is 17.8. The van der Waals surface area contributed by atoms with Crippen molar-refractivity contribution in [3.8, 4) is 11.5 Å². The number of carbonyl (C=O) groups excluding carboxylic acids is 1. The van der Waals surface area contributed by atoms with Crippen LogP contribution in [0.2, 0.25) is 5.02 Å². The lowest BCUT2D eigenvalue weighted by Crippen LogP contribution is -2.35. The molecule has 25 heavy (non-hydrogen) atoms. The Labute approximate surface area is 153 Å². The highest BCUT2D eigenvalue weighted by atomic mass is 35.5. The van der Waals surface area contributed by atoms with Crippen LogP contribution >= 0.6 is 11.6 Å². The molecule has 0 fully saturated rings. The number of nitrogens with one attached hydrogen (secondary N) is 1. The van der Waals surface area contributed by atoms with E-state index in [-0.39, 0.29) is 18.6 Å². The second kappa shape index (κ2) is 7.79. The molecule has 1 atom stereocenters. The van der Waals surface area contributed by atoms with Crippen molar-refractivity contribution in [3.05, 3.63) is 58.6 Å². The van der Waals surface area contributed by atoms with Gasteiger partial charge in [-0.25, -0.2) is 0 Å². The SMILES string of the molecule is CC(C)c1cccc(OCC(=O)NC2CCOc3ccc(Cl)cc32)c1. The Bertz CT molecular complexity index is 760. The van der Waals surface area contributed by atoms with Crippen molar-refractivity contribution in [2.45, 2.75) is 32.2 Å². The molecule has 132 valence electrons. The third-order valence-electron chi connectivity index (χ3n) is 4.24. The highest BCUT2D eigenvalue weighted by molar-refractivity contribution is 6.30. The number of carbonyl (C=O) groups is 1. The van der Waals surface area contributed by atoms with Gasteiger partial charge in [-0.05, 0) is 41.8 Å². The molecule has 0 radical (unpaired) electrons. The van der Waals surface area contributed by atoms with E-state index in [0.717, 1.165) is 11.3 Å². The van der Waals surface area contributed by atoms with E-state index >= 15 is 0 Å². The predicted molar refractivity (Wildman–Crippen MR) is 98.5 cm³/mol. The van der Waals surface area contributed by atoms with E-state index in [1.165, 1.54) is 5.56 Å². The van der Waals surface area contributed by atoms with Crippen LogP contribution in [0.5, 0.6) is 11.5 Å². The van der Waals surface area contributed by atoms with Gasteiger partial charge in [-0.2, -0.15) is 0 Å². The molecule has 2 aromatic rings. The molecule has 0 spiro atoms. The smallest absolute Gasteiger partial charge is 0.258 e. The first-order valence-corrected chi connectivity index (χ1v) is 8.85. The minimum Gasteiger partial charge on any atom is -0.493 e. The molecule has 1 unspecified atom stereocenters. The molecule has 0 saturated heterocycles. The Kier molecular flexibility index (Phi) is 5.49. The van der Waals surface area contributed by atoms with Crippen LogP contribution in [0.25, 0.3) is 0 Å². The maximum Gasteiger partial charge on any atom is 0.258 e. The van der Waals surface area contributed by atoms with E-state index in [9.17, 15) is 4.79 Å². The molecule has 1 amide bonds. The fourth-order valence-corrected chi connectivity index (χ4v) is 3.04. The van der Waals surface area contributed by atoms with Crippen LogP contribution in [0.4, 0.5) is 0 Å². The number of halogens is 1. The Morgan fingerprint density at radius 1 is 1.32 bits per heavy atom. The van der Waals surface area contributed by atoms with E-state index in [4.69, 9.17) is 21.1 Å². The van der Waals surface area contributed by atoms with Crippen molar-refractivity contribution in [2.75, 3.05) is 13.2 Å². The van der Waals surface area contributed by atoms with Gasteiger partial charge in [0.05, 0.1) is 12.6 Å². The van der Waals surface area contributed by atoms with Gasteiger partial charge >= 0.3 is 0 Å². The molecular weight excluding hydrogens is 338 g/mol. The van der Waals surface area contributed by atoms with E-state index in [2.05, 4.69) is 25.2 Å². The highest BCUT2D eigenvalue weighted by Gasteiger charge is 2.23. The summed E-state index contributed by atoms with van der Waals surface area (Å²) in [6.45, 7) is 4.80. The molecule has 4 nitrogen and oxygen atoms in total. The van der Waals surface area contributed by atoms with Gasteiger partial charge in [0, 0.05) is 17.0 Å². The Hall–Kier alpha value is -2.20. The number of ether oxygens (including phenoxy) is 2. The molecule has 0 aliphatic carbocycles. The van der Waals surface area contributed by atoms with Crippen LogP contribution in [0.1, 0.15) is 43.4 Å². The quantitative estimate of drug-likeness (QED) is 0.856. The number of hydrogen-bond donors (Lipinski definition) is 1. The van der Waals surface area contributed by atoms with Crippen LogP contribution in [-0.4, -0.2) is 19.1 Å². The molecule has 0 aromatic heterocycles.